The van der Waals surface area contributed by atoms with Crippen molar-refractivity contribution in [1.29, 1.82) is 0 Å². The third kappa shape index (κ3) is 7.16. The first kappa shape index (κ1) is 27.3. The van der Waals surface area contributed by atoms with Gasteiger partial charge in [-0.25, -0.2) is 9.78 Å². The maximum Gasteiger partial charge on any atom is 0.353 e. The van der Waals surface area contributed by atoms with Crippen molar-refractivity contribution in [2.75, 3.05) is 14.2 Å². The molecule has 0 spiro atoms. The van der Waals surface area contributed by atoms with Crippen LogP contribution in [0, 0.1) is 6.92 Å². The summed E-state index contributed by atoms with van der Waals surface area (Å²) < 4.78 is 23.0. The minimum absolute atomic E-state index is 0.0119. The second kappa shape index (κ2) is 13.1. The number of oxazole rings is 1. The van der Waals surface area contributed by atoms with Gasteiger partial charge in [0.1, 0.15) is 24.7 Å². The second-order valence-electron chi connectivity index (χ2n) is 8.61. The van der Waals surface area contributed by atoms with E-state index in [0.717, 1.165) is 11.1 Å². The van der Waals surface area contributed by atoms with Crippen LogP contribution in [0.1, 0.15) is 29.0 Å². The van der Waals surface area contributed by atoms with E-state index in [-0.39, 0.29) is 25.3 Å². The highest BCUT2D eigenvalue weighted by Gasteiger charge is 2.18. The molecule has 0 bridgehead atoms. The molecule has 39 heavy (non-hydrogen) atoms. The number of aliphatic carboxylic acids is 1. The molecule has 0 aliphatic heterocycles. The number of hydrogen-bond donors (Lipinski definition) is 1. The molecule has 3 aromatic carbocycles. The summed E-state index contributed by atoms with van der Waals surface area (Å²) >= 11 is 0. The van der Waals surface area contributed by atoms with Gasteiger partial charge in [-0.15, -0.1) is 0 Å². The van der Waals surface area contributed by atoms with E-state index in [2.05, 4.69) is 10.1 Å². The number of aromatic nitrogens is 1. The molecule has 9 heteroatoms. The van der Waals surface area contributed by atoms with E-state index >= 15 is 0 Å². The van der Waals surface area contributed by atoms with Crippen LogP contribution in [0.4, 0.5) is 0 Å². The fourth-order valence-electron chi connectivity index (χ4n) is 3.85. The van der Waals surface area contributed by atoms with Gasteiger partial charge in [0.15, 0.2) is 17.2 Å². The number of rotatable bonds is 13. The van der Waals surface area contributed by atoms with Crippen molar-refractivity contribution in [3.8, 4) is 28.7 Å². The van der Waals surface area contributed by atoms with Gasteiger partial charge in [0.05, 0.1) is 14.2 Å². The van der Waals surface area contributed by atoms with Crippen molar-refractivity contribution < 1.29 is 33.4 Å². The molecule has 0 aliphatic carbocycles. The molecule has 0 saturated heterocycles. The van der Waals surface area contributed by atoms with Crippen LogP contribution in [0.5, 0.6) is 17.2 Å². The van der Waals surface area contributed by atoms with Crippen molar-refractivity contribution in [3.63, 3.8) is 0 Å². The lowest BCUT2D eigenvalue weighted by Gasteiger charge is -2.15. The van der Waals surface area contributed by atoms with Crippen LogP contribution in [0.2, 0.25) is 0 Å². The van der Waals surface area contributed by atoms with Gasteiger partial charge in [0, 0.05) is 12.0 Å². The topological polar surface area (TPSA) is 113 Å². The quantitative estimate of drug-likeness (QED) is 0.170. The molecule has 0 radical (unpaired) electrons. The summed E-state index contributed by atoms with van der Waals surface area (Å²) in [5, 5.41) is 13.4. The Morgan fingerprint density at radius 2 is 1.56 bits per heavy atom. The van der Waals surface area contributed by atoms with Crippen LogP contribution in [0.25, 0.3) is 11.5 Å². The third-order valence-corrected chi connectivity index (χ3v) is 5.93. The molecule has 0 amide bonds. The maximum absolute atomic E-state index is 11.6. The summed E-state index contributed by atoms with van der Waals surface area (Å²) in [4.78, 5) is 21.6. The zero-order chi connectivity index (χ0) is 27.6. The SMILES string of the molecule is COc1cc(CON=C(CCc2ccccc2)C(=O)O)cc(OC)c1OCc1nc(-c2ccccc2)oc1C. The summed E-state index contributed by atoms with van der Waals surface area (Å²) in [7, 11) is 3.04. The summed E-state index contributed by atoms with van der Waals surface area (Å²) in [6, 6.07) is 22.7. The number of nitrogens with zero attached hydrogens (tertiary/aromatic N) is 2. The maximum atomic E-state index is 11.6. The first-order chi connectivity index (χ1) is 19.0. The molecule has 0 fully saturated rings. The van der Waals surface area contributed by atoms with E-state index < -0.39 is 5.97 Å². The minimum Gasteiger partial charge on any atom is -0.493 e. The number of carboxylic acid groups (broad SMARTS) is 1. The summed E-state index contributed by atoms with van der Waals surface area (Å²) in [6.07, 6.45) is 0.785. The molecule has 9 nitrogen and oxygen atoms in total. The lowest BCUT2D eigenvalue weighted by Crippen LogP contribution is -2.14. The molecule has 0 aliphatic rings. The molecule has 1 N–H and O–H groups in total. The summed E-state index contributed by atoms with van der Waals surface area (Å²) in [6.45, 7) is 1.98. The number of carboxylic acids is 1. The summed E-state index contributed by atoms with van der Waals surface area (Å²) in [5.41, 5.74) is 3.15. The molecule has 0 saturated carbocycles. The molecular formula is C30H30N2O7. The van der Waals surface area contributed by atoms with E-state index in [4.69, 9.17) is 23.5 Å². The Bertz CT molecular complexity index is 1390. The standard InChI is InChI=1S/C30H30N2O7/c1-20-25(31-29(39-20)23-12-8-5-9-13-23)19-37-28-26(35-2)16-22(17-27(28)36-3)18-38-32-24(30(33)34)15-14-21-10-6-4-7-11-21/h4-13,16-17H,14-15,18-19H2,1-3H3,(H,33,34). The minimum atomic E-state index is -1.12. The molecule has 202 valence electrons. The molecule has 4 aromatic rings. The third-order valence-electron chi connectivity index (χ3n) is 5.93. The van der Waals surface area contributed by atoms with Gasteiger partial charge in [-0.1, -0.05) is 53.7 Å². The zero-order valence-corrected chi connectivity index (χ0v) is 22.0. The van der Waals surface area contributed by atoms with Gasteiger partial charge < -0.3 is 28.6 Å². The summed E-state index contributed by atoms with van der Waals surface area (Å²) in [5.74, 6) is 1.28. The van der Waals surface area contributed by atoms with Crippen molar-refractivity contribution >= 4 is 11.7 Å². The highest BCUT2D eigenvalue weighted by Crippen LogP contribution is 2.39. The van der Waals surface area contributed by atoms with E-state index in [0.29, 0.717) is 46.6 Å². The number of aryl methyl sites for hydroxylation is 2. The monoisotopic (exact) mass is 530 g/mol. The average Bonchev–Trinajstić information content (AvgIpc) is 3.34. The lowest BCUT2D eigenvalue weighted by molar-refractivity contribution is -0.129. The van der Waals surface area contributed by atoms with Crippen LogP contribution in [-0.2, 0) is 29.3 Å². The second-order valence-corrected chi connectivity index (χ2v) is 8.61. The molecule has 1 heterocycles. The molecule has 4 rings (SSSR count). The number of benzene rings is 3. The Labute approximate surface area is 226 Å². The van der Waals surface area contributed by atoms with Crippen LogP contribution in [-0.4, -0.2) is 36.0 Å². The largest absolute Gasteiger partial charge is 0.493 e. The van der Waals surface area contributed by atoms with Gasteiger partial charge in [-0.05, 0) is 48.7 Å². The Balaban J connectivity index is 1.43. The first-order valence-electron chi connectivity index (χ1n) is 12.3. The van der Waals surface area contributed by atoms with Crippen molar-refractivity contribution in [2.24, 2.45) is 5.16 Å². The van der Waals surface area contributed by atoms with Crippen LogP contribution >= 0.6 is 0 Å². The first-order valence-corrected chi connectivity index (χ1v) is 12.3. The highest BCUT2D eigenvalue weighted by molar-refractivity contribution is 6.35. The van der Waals surface area contributed by atoms with Gasteiger partial charge in [-0.2, -0.15) is 0 Å². The zero-order valence-electron chi connectivity index (χ0n) is 22.0. The Morgan fingerprint density at radius 1 is 0.923 bits per heavy atom. The Kier molecular flexibility index (Phi) is 9.18. The fourth-order valence-corrected chi connectivity index (χ4v) is 3.85. The van der Waals surface area contributed by atoms with Crippen LogP contribution in [0.15, 0.2) is 82.4 Å². The number of oxime groups is 1. The van der Waals surface area contributed by atoms with Crippen LogP contribution in [0.3, 0.4) is 0 Å². The molecule has 0 atom stereocenters. The Hall–Kier alpha value is -4.79. The normalized spacial score (nSPS) is 11.2. The van der Waals surface area contributed by atoms with Crippen molar-refractivity contribution in [2.45, 2.75) is 33.0 Å². The fraction of sp³-hybridized carbons (Fsp3) is 0.233. The van der Waals surface area contributed by atoms with Gasteiger partial charge in [0.2, 0.25) is 11.6 Å². The van der Waals surface area contributed by atoms with Gasteiger partial charge in [0.25, 0.3) is 0 Å². The predicted molar refractivity (Wildman–Crippen MR) is 145 cm³/mol. The lowest BCUT2D eigenvalue weighted by atomic mass is 10.1. The van der Waals surface area contributed by atoms with Crippen LogP contribution < -0.4 is 14.2 Å². The van der Waals surface area contributed by atoms with E-state index in [1.807, 2.05) is 67.6 Å². The average molecular weight is 531 g/mol. The van der Waals surface area contributed by atoms with E-state index in [1.165, 1.54) is 14.2 Å². The number of methoxy groups -OCH3 is 2. The number of hydrogen-bond acceptors (Lipinski definition) is 8. The number of ether oxygens (including phenoxy) is 3. The van der Waals surface area contributed by atoms with E-state index in [1.54, 1.807) is 12.1 Å². The predicted octanol–water partition coefficient (Wildman–Crippen LogP) is 5.84. The van der Waals surface area contributed by atoms with Crippen molar-refractivity contribution in [3.05, 3.63) is 95.4 Å². The smallest absolute Gasteiger partial charge is 0.353 e. The van der Waals surface area contributed by atoms with Gasteiger partial charge >= 0.3 is 5.97 Å². The molecule has 1 aromatic heterocycles. The van der Waals surface area contributed by atoms with Crippen molar-refractivity contribution in [1.82, 2.24) is 4.98 Å². The molecular weight excluding hydrogens is 500 g/mol. The Morgan fingerprint density at radius 3 is 2.18 bits per heavy atom. The van der Waals surface area contributed by atoms with E-state index in [9.17, 15) is 9.90 Å². The molecule has 0 unspecified atom stereocenters. The number of carbonyl (C=O) groups is 1. The van der Waals surface area contributed by atoms with Gasteiger partial charge in [-0.3, -0.25) is 0 Å². The highest BCUT2D eigenvalue weighted by atomic mass is 16.6.